The maximum absolute atomic E-state index is 12.5. The molecule has 0 atom stereocenters. The number of ketones is 1. The van der Waals surface area contributed by atoms with Crippen LogP contribution >= 0.6 is 0 Å². The van der Waals surface area contributed by atoms with E-state index in [1.165, 1.54) is 16.7 Å². The van der Waals surface area contributed by atoms with Gasteiger partial charge in [0.1, 0.15) is 5.69 Å². The van der Waals surface area contributed by atoms with E-state index in [9.17, 15) is 4.79 Å². The summed E-state index contributed by atoms with van der Waals surface area (Å²) >= 11 is 0. The van der Waals surface area contributed by atoms with E-state index in [-0.39, 0.29) is 5.78 Å². The predicted molar refractivity (Wildman–Crippen MR) is 109 cm³/mol. The highest BCUT2D eigenvalue weighted by Crippen LogP contribution is 2.30. The van der Waals surface area contributed by atoms with Gasteiger partial charge in [-0.15, -0.1) is 0 Å². The molecule has 2 aromatic carbocycles. The summed E-state index contributed by atoms with van der Waals surface area (Å²) in [5, 5.41) is 0. The highest BCUT2D eigenvalue weighted by Gasteiger charge is 2.17. The molecule has 1 aliphatic rings. The Labute approximate surface area is 159 Å². The number of fused-ring (bicyclic) bond motifs is 1. The number of benzene rings is 2. The van der Waals surface area contributed by atoms with Crippen molar-refractivity contribution in [2.75, 3.05) is 0 Å². The van der Waals surface area contributed by atoms with E-state index in [0.29, 0.717) is 12.1 Å². The fourth-order valence-corrected chi connectivity index (χ4v) is 3.40. The van der Waals surface area contributed by atoms with Gasteiger partial charge in [-0.1, -0.05) is 55.0 Å². The third-order valence-corrected chi connectivity index (χ3v) is 5.00. The molecule has 0 radical (unpaired) electrons. The average Bonchev–Trinajstić information content (AvgIpc) is 3.11. The number of carbonyl (C=O) groups excluding carboxylic acids is 1. The van der Waals surface area contributed by atoms with Crippen LogP contribution in [0.4, 0.5) is 5.69 Å². The minimum atomic E-state index is 0.0403. The molecular formula is C24H22N2O. The summed E-state index contributed by atoms with van der Waals surface area (Å²) in [6, 6.07) is 18.4. The van der Waals surface area contributed by atoms with Gasteiger partial charge in [-0.25, -0.2) is 0 Å². The Balaban J connectivity index is 1.53. The van der Waals surface area contributed by atoms with Gasteiger partial charge in [-0.3, -0.25) is 14.8 Å². The van der Waals surface area contributed by atoms with Gasteiger partial charge >= 0.3 is 0 Å². The molecule has 1 aliphatic heterocycles. The van der Waals surface area contributed by atoms with Crippen LogP contribution in [0.5, 0.6) is 0 Å². The minimum absolute atomic E-state index is 0.0403. The lowest BCUT2D eigenvalue weighted by Gasteiger charge is -2.04. The third-order valence-electron chi connectivity index (χ3n) is 5.00. The third kappa shape index (κ3) is 3.72. The summed E-state index contributed by atoms with van der Waals surface area (Å²) in [6.07, 6.45) is 3.90. The fourth-order valence-electron chi connectivity index (χ4n) is 3.40. The maximum atomic E-state index is 12.5. The van der Waals surface area contributed by atoms with Crippen molar-refractivity contribution >= 4 is 17.2 Å². The number of aromatic nitrogens is 1. The van der Waals surface area contributed by atoms with E-state index in [1.54, 1.807) is 6.20 Å². The monoisotopic (exact) mass is 354 g/mol. The van der Waals surface area contributed by atoms with Gasteiger partial charge in [-0.2, -0.15) is 0 Å². The lowest BCUT2D eigenvalue weighted by atomic mass is 10.00. The van der Waals surface area contributed by atoms with E-state index < -0.39 is 0 Å². The molecule has 1 aromatic heterocycles. The highest BCUT2D eigenvalue weighted by atomic mass is 16.1. The van der Waals surface area contributed by atoms with Gasteiger partial charge in [0, 0.05) is 19.0 Å². The molecule has 134 valence electrons. The Bertz CT molecular complexity index is 1030. The summed E-state index contributed by atoms with van der Waals surface area (Å²) in [5.74, 6) is 0.0403. The molecule has 3 nitrogen and oxygen atoms in total. The van der Waals surface area contributed by atoms with Gasteiger partial charge in [0.05, 0.1) is 11.4 Å². The molecule has 0 spiro atoms. The van der Waals surface area contributed by atoms with Crippen LogP contribution in [0.2, 0.25) is 0 Å². The van der Waals surface area contributed by atoms with Crippen LogP contribution in [0.3, 0.4) is 0 Å². The quantitative estimate of drug-likeness (QED) is 0.601. The number of nitrogens with zero attached hydrogens (tertiary/aromatic N) is 2. The zero-order valence-electron chi connectivity index (χ0n) is 15.7. The molecule has 0 N–H and O–H groups in total. The van der Waals surface area contributed by atoms with Crippen molar-refractivity contribution in [3.05, 3.63) is 94.3 Å². The van der Waals surface area contributed by atoms with Crippen LogP contribution < -0.4 is 0 Å². The Morgan fingerprint density at radius 3 is 2.63 bits per heavy atom. The van der Waals surface area contributed by atoms with Crippen molar-refractivity contribution in [2.45, 2.75) is 33.1 Å². The van der Waals surface area contributed by atoms with Gasteiger partial charge < -0.3 is 0 Å². The number of Topliss-reactive ketones (excluding diaryl/α,β-unsaturated/α-hetero) is 1. The minimum Gasteiger partial charge on any atom is -0.292 e. The Morgan fingerprint density at radius 2 is 1.89 bits per heavy atom. The van der Waals surface area contributed by atoms with Gasteiger partial charge in [0.15, 0.2) is 5.78 Å². The molecule has 0 saturated heterocycles. The van der Waals surface area contributed by atoms with Crippen LogP contribution in [0, 0.1) is 6.92 Å². The van der Waals surface area contributed by atoms with Crippen LogP contribution in [0.25, 0.3) is 0 Å². The summed E-state index contributed by atoms with van der Waals surface area (Å²) in [4.78, 5) is 21.7. The molecule has 0 saturated carbocycles. The van der Waals surface area contributed by atoms with Crippen molar-refractivity contribution in [1.29, 1.82) is 0 Å². The number of rotatable bonds is 5. The van der Waals surface area contributed by atoms with E-state index in [4.69, 9.17) is 4.99 Å². The molecule has 4 rings (SSSR count). The molecule has 0 amide bonds. The maximum Gasteiger partial charge on any atom is 0.185 e. The highest BCUT2D eigenvalue weighted by molar-refractivity contribution is 6.06. The first-order chi connectivity index (χ1) is 13.1. The zero-order valence-corrected chi connectivity index (χ0v) is 15.7. The largest absolute Gasteiger partial charge is 0.292 e. The van der Waals surface area contributed by atoms with E-state index in [0.717, 1.165) is 35.4 Å². The molecule has 2 heterocycles. The molecule has 3 aromatic rings. The molecule has 0 fully saturated rings. The molecule has 3 heteroatoms. The number of hydrogen-bond donors (Lipinski definition) is 0. The van der Waals surface area contributed by atoms with E-state index >= 15 is 0 Å². The number of aliphatic imine (C=N–C) groups is 1. The lowest BCUT2D eigenvalue weighted by molar-refractivity contribution is 0.0988. The first kappa shape index (κ1) is 17.3. The van der Waals surface area contributed by atoms with Gasteiger partial charge in [0.2, 0.25) is 0 Å². The normalized spacial score (nSPS) is 12.6. The van der Waals surface area contributed by atoms with E-state index in [2.05, 4.69) is 49.2 Å². The molecule has 0 aliphatic carbocycles. The first-order valence-electron chi connectivity index (χ1n) is 9.37. The van der Waals surface area contributed by atoms with Crippen LogP contribution in [0.1, 0.15) is 45.2 Å². The topological polar surface area (TPSA) is 42.3 Å². The standard InChI is InChI=1S/C24H22N2O/c1-3-17-8-10-21(25-15-17)24(27)13-18-7-9-20-14-23(26-22(20)12-18)19-6-4-5-16(2)11-19/h4-12,15H,3,13-14H2,1-2H3. The Morgan fingerprint density at radius 1 is 1.04 bits per heavy atom. The fraction of sp³-hybridized carbons (Fsp3) is 0.208. The molecule has 0 bridgehead atoms. The zero-order chi connectivity index (χ0) is 18.8. The lowest BCUT2D eigenvalue weighted by Crippen LogP contribution is -2.06. The molecule has 0 unspecified atom stereocenters. The smallest absolute Gasteiger partial charge is 0.185 e. The van der Waals surface area contributed by atoms with Crippen molar-refractivity contribution in [3.63, 3.8) is 0 Å². The first-order valence-corrected chi connectivity index (χ1v) is 9.37. The second-order valence-electron chi connectivity index (χ2n) is 7.07. The van der Waals surface area contributed by atoms with Crippen LogP contribution in [-0.2, 0) is 19.3 Å². The summed E-state index contributed by atoms with van der Waals surface area (Å²) < 4.78 is 0. The predicted octanol–water partition coefficient (Wildman–Crippen LogP) is 5.05. The van der Waals surface area contributed by atoms with Crippen molar-refractivity contribution in [3.8, 4) is 0 Å². The molecular weight excluding hydrogens is 332 g/mol. The summed E-state index contributed by atoms with van der Waals surface area (Å²) in [7, 11) is 0. The van der Waals surface area contributed by atoms with Crippen molar-refractivity contribution in [1.82, 2.24) is 4.98 Å². The average molecular weight is 354 g/mol. The van der Waals surface area contributed by atoms with E-state index in [1.807, 2.05) is 24.3 Å². The number of carbonyl (C=O) groups is 1. The van der Waals surface area contributed by atoms with Gasteiger partial charge in [-0.05, 0) is 47.7 Å². The van der Waals surface area contributed by atoms with Crippen LogP contribution in [-0.4, -0.2) is 16.5 Å². The SMILES string of the molecule is CCc1ccc(C(=O)Cc2ccc3c(c2)N=C(c2cccc(C)c2)C3)nc1. The number of hydrogen-bond acceptors (Lipinski definition) is 3. The summed E-state index contributed by atoms with van der Waals surface area (Å²) in [5.41, 5.74) is 8.34. The molecule has 27 heavy (non-hydrogen) atoms. The Kier molecular flexibility index (Phi) is 4.68. The second-order valence-corrected chi connectivity index (χ2v) is 7.07. The van der Waals surface area contributed by atoms with Crippen molar-refractivity contribution in [2.24, 2.45) is 4.99 Å². The number of aryl methyl sites for hydroxylation is 2. The number of pyridine rings is 1. The Hall–Kier alpha value is -3.07. The van der Waals surface area contributed by atoms with Gasteiger partial charge in [0.25, 0.3) is 0 Å². The van der Waals surface area contributed by atoms with Crippen LogP contribution in [0.15, 0.2) is 65.8 Å². The second kappa shape index (κ2) is 7.28. The summed E-state index contributed by atoms with van der Waals surface area (Å²) in [6.45, 7) is 4.17. The van der Waals surface area contributed by atoms with Crippen molar-refractivity contribution < 1.29 is 4.79 Å².